The SMILES string of the molecule is COCCOc1ccc(-c2nnc(CN)o2)cc1. The summed E-state index contributed by atoms with van der Waals surface area (Å²) in [6, 6.07) is 7.40. The molecule has 0 amide bonds. The molecule has 18 heavy (non-hydrogen) atoms. The van der Waals surface area contributed by atoms with E-state index in [0.717, 1.165) is 11.3 Å². The van der Waals surface area contributed by atoms with Crippen LogP contribution in [-0.2, 0) is 11.3 Å². The first-order valence-corrected chi connectivity index (χ1v) is 5.58. The van der Waals surface area contributed by atoms with Crippen molar-refractivity contribution in [2.75, 3.05) is 20.3 Å². The molecule has 0 aliphatic carbocycles. The number of hydrogen-bond donors (Lipinski definition) is 1. The number of methoxy groups -OCH3 is 1. The monoisotopic (exact) mass is 249 g/mol. The van der Waals surface area contributed by atoms with Gasteiger partial charge in [-0.15, -0.1) is 10.2 Å². The van der Waals surface area contributed by atoms with Crippen molar-refractivity contribution >= 4 is 0 Å². The summed E-state index contributed by atoms with van der Waals surface area (Å²) in [4.78, 5) is 0. The quantitative estimate of drug-likeness (QED) is 0.775. The third-order valence-corrected chi connectivity index (χ3v) is 2.30. The molecule has 0 bridgehead atoms. The summed E-state index contributed by atoms with van der Waals surface area (Å²) in [6.45, 7) is 1.32. The summed E-state index contributed by atoms with van der Waals surface area (Å²) in [5.41, 5.74) is 6.24. The van der Waals surface area contributed by atoms with Crippen LogP contribution in [0, 0.1) is 0 Å². The maximum atomic E-state index is 5.45. The summed E-state index contributed by atoms with van der Waals surface area (Å²) >= 11 is 0. The lowest BCUT2D eigenvalue weighted by Gasteiger charge is -2.05. The van der Waals surface area contributed by atoms with Gasteiger partial charge >= 0.3 is 0 Å². The number of nitrogens with two attached hydrogens (primary N) is 1. The van der Waals surface area contributed by atoms with Crippen LogP contribution in [0.4, 0.5) is 0 Å². The molecule has 1 aromatic heterocycles. The van der Waals surface area contributed by atoms with Gasteiger partial charge in [0.05, 0.1) is 13.2 Å². The predicted molar refractivity (Wildman–Crippen MR) is 65.0 cm³/mol. The molecular formula is C12H15N3O3. The van der Waals surface area contributed by atoms with E-state index in [1.165, 1.54) is 0 Å². The molecule has 0 saturated carbocycles. The third-order valence-electron chi connectivity index (χ3n) is 2.30. The van der Waals surface area contributed by atoms with Gasteiger partial charge in [0, 0.05) is 12.7 Å². The van der Waals surface area contributed by atoms with Crippen molar-refractivity contribution < 1.29 is 13.9 Å². The van der Waals surface area contributed by atoms with Crippen LogP contribution in [0.1, 0.15) is 5.89 Å². The average molecular weight is 249 g/mol. The molecule has 6 nitrogen and oxygen atoms in total. The zero-order valence-corrected chi connectivity index (χ0v) is 10.1. The fourth-order valence-corrected chi connectivity index (χ4v) is 1.39. The normalized spacial score (nSPS) is 10.6. The summed E-state index contributed by atoms with van der Waals surface area (Å²) in [6.07, 6.45) is 0. The molecule has 0 spiro atoms. The topological polar surface area (TPSA) is 83.4 Å². The molecule has 0 atom stereocenters. The van der Waals surface area contributed by atoms with E-state index in [0.29, 0.717) is 25.0 Å². The van der Waals surface area contributed by atoms with E-state index in [4.69, 9.17) is 19.6 Å². The van der Waals surface area contributed by atoms with Crippen molar-refractivity contribution in [1.82, 2.24) is 10.2 Å². The van der Waals surface area contributed by atoms with Gasteiger partial charge in [0.1, 0.15) is 12.4 Å². The minimum atomic E-state index is 0.241. The fourth-order valence-electron chi connectivity index (χ4n) is 1.39. The number of ether oxygens (including phenoxy) is 2. The van der Waals surface area contributed by atoms with Crippen LogP contribution in [-0.4, -0.2) is 30.5 Å². The van der Waals surface area contributed by atoms with Gasteiger partial charge in [-0.05, 0) is 24.3 Å². The lowest BCUT2D eigenvalue weighted by atomic mass is 10.2. The minimum absolute atomic E-state index is 0.241. The predicted octanol–water partition coefficient (Wildman–Crippen LogP) is 1.22. The van der Waals surface area contributed by atoms with E-state index in [1.807, 2.05) is 24.3 Å². The molecular weight excluding hydrogens is 234 g/mol. The first-order valence-electron chi connectivity index (χ1n) is 5.58. The second kappa shape index (κ2) is 6.13. The lowest BCUT2D eigenvalue weighted by Crippen LogP contribution is -2.03. The van der Waals surface area contributed by atoms with Crippen molar-refractivity contribution in [2.45, 2.75) is 6.54 Å². The van der Waals surface area contributed by atoms with E-state index < -0.39 is 0 Å². The van der Waals surface area contributed by atoms with Gasteiger partial charge in [0.15, 0.2) is 0 Å². The Morgan fingerprint density at radius 1 is 1.17 bits per heavy atom. The molecule has 0 radical (unpaired) electrons. The molecule has 0 aliphatic heterocycles. The highest BCUT2D eigenvalue weighted by molar-refractivity contribution is 5.53. The van der Waals surface area contributed by atoms with E-state index in [1.54, 1.807) is 7.11 Å². The van der Waals surface area contributed by atoms with E-state index in [2.05, 4.69) is 10.2 Å². The highest BCUT2D eigenvalue weighted by Crippen LogP contribution is 2.21. The average Bonchev–Trinajstić information content (AvgIpc) is 2.89. The van der Waals surface area contributed by atoms with Gasteiger partial charge in [0.2, 0.25) is 11.8 Å². The van der Waals surface area contributed by atoms with Gasteiger partial charge in [-0.1, -0.05) is 0 Å². The highest BCUT2D eigenvalue weighted by Gasteiger charge is 2.07. The molecule has 0 saturated heterocycles. The molecule has 0 unspecified atom stereocenters. The minimum Gasteiger partial charge on any atom is -0.491 e. The van der Waals surface area contributed by atoms with Crippen LogP contribution >= 0.6 is 0 Å². The van der Waals surface area contributed by atoms with Crippen molar-refractivity contribution in [3.05, 3.63) is 30.2 Å². The van der Waals surface area contributed by atoms with E-state index in [-0.39, 0.29) is 6.54 Å². The number of rotatable bonds is 6. The smallest absolute Gasteiger partial charge is 0.247 e. The number of hydrogen-bond acceptors (Lipinski definition) is 6. The number of benzene rings is 1. The molecule has 2 N–H and O–H groups in total. The molecule has 0 aliphatic rings. The second-order valence-electron chi connectivity index (χ2n) is 3.57. The highest BCUT2D eigenvalue weighted by atomic mass is 16.5. The van der Waals surface area contributed by atoms with Crippen LogP contribution in [0.25, 0.3) is 11.5 Å². The summed E-state index contributed by atoms with van der Waals surface area (Å²) in [7, 11) is 1.64. The first-order chi connectivity index (χ1) is 8.83. The second-order valence-corrected chi connectivity index (χ2v) is 3.57. The Hall–Kier alpha value is -1.92. The third kappa shape index (κ3) is 3.06. The maximum Gasteiger partial charge on any atom is 0.247 e. The molecule has 1 aromatic carbocycles. The Morgan fingerprint density at radius 2 is 1.94 bits per heavy atom. The standard InChI is InChI=1S/C12H15N3O3/c1-16-6-7-17-10-4-2-9(3-5-10)12-15-14-11(8-13)18-12/h2-5H,6-8,13H2,1H3. The largest absolute Gasteiger partial charge is 0.491 e. The van der Waals surface area contributed by atoms with Gasteiger partial charge in [-0.25, -0.2) is 0 Å². The summed E-state index contributed by atoms with van der Waals surface area (Å²) in [5.74, 6) is 1.65. The molecule has 96 valence electrons. The fraction of sp³-hybridized carbons (Fsp3) is 0.333. The van der Waals surface area contributed by atoms with Crippen molar-refractivity contribution in [3.8, 4) is 17.2 Å². The van der Waals surface area contributed by atoms with Gasteiger partial charge < -0.3 is 19.6 Å². The van der Waals surface area contributed by atoms with Crippen molar-refractivity contribution in [1.29, 1.82) is 0 Å². The van der Waals surface area contributed by atoms with Crippen LogP contribution in [0.2, 0.25) is 0 Å². The summed E-state index contributed by atoms with van der Waals surface area (Å²) < 4.78 is 15.7. The Morgan fingerprint density at radius 3 is 2.56 bits per heavy atom. The molecule has 1 heterocycles. The van der Waals surface area contributed by atoms with Crippen LogP contribution in [0.15, 0.2) is 28.7 Å². The summed E-state index contributed by atoms with van der Waals surface area (Å²) in [5, 5.41) is 7.71. The van der Waals surface area contributed by atoms with E-state index >= 15 is 0 Å². The zero-order chi connectivity index (χ0) is 12.8. The molecule has 2 rings (SSSR count). The molecule has 2 aromatic rings. The van der Waals surface area contributed by atoms with Crippen LogP contribution < -0.4 is 10.5 Å². The van der Waals surface area contributed by atoms with Crippen molar-refractivity contribution in [2.24, 2.45) is 5.73 Å². The Bertz CT molecular complexity index is 482. The van der Waals surface area contributed by atoms with Crippen LogP contribution in [0.3, 0.4) is 0 Å². The van der Waals surface area contributed by atoms with E-state index in [9.17, 15) is 0 Å². The Kier molecular flexibility index (Phi) is 4.27. The molecule has 0 fully saturated rings. The van der Waals surface area contributed by atoms with Gasteiger partial charge in [0.25, 0.3) is 0 Å². The van der Waals surface area contributed by atoms with Crippen molar-refractivity contribution in [3.63, 3.8) is 0 Å². The maximum absolute atomic E-state index is 5.45. The van der Waals surface area contributed by atoms with Gasteiger partial charge in [-0.2, -0.15) is 0 Å². The molecule has 6 heteroatoms. The zero-order valence-electron chi connectivity index (χ0n) is 10.1. The Labute approximate surface area is 105 Å². The first kappa shape index (κ1) is 12.5. The number of nitrogens with zero attached hydrogens (tertiary/aromatic N) is 2. The van der Waals surface area contributed by atoms with Gasteiger partial charge in [-0.3, -0.25) is 0 Å². The Balaban J connectivity index is 2.02. The van der Waals surface area contributed by atoms with Crippen LogP contribution in [0.5, 0.6) is 5.75 Å². The number of aromatic nitrogens is 2. The lowest BCUT2D eigenvalue weighted by molar-refractivity contribution is 0.146.